The molecule has 0 saturated carbocycles. The number of amides is 4. The molecule has 1 aliphatic carbocycles. The van der Waals surface area contributed by atoms with Crippen LogP contribution in [0.15, 0.2) is 89.4 Å². The molecule has 0 bridgehead atoms. The maximum Gasteiger partial charge on any atom is 0.263 e. The SMILES string of the molecule is CN(Cc1ccc2c(c1Br)C(=O)N(C1CCC(=O)NC1=O)C2=O)C1CCN(c2ccc([C@@H]3c4ccc(O)cc4CC[C@@H]3c3ccccc3)cc2)CC1. The monoisotopic (exact) mass is 760 g/mol. The Bertz CT molecular complexity index is 2060. The number of imide groups is 2. The Hall–Kier alpha value is -4.80. The fraction of sp³-hybridized carbons (Fsp3) is 0.333. The predicted molar refractivity (Wildman–Crippen MR) is 201 cm³/mol. The van der Waals surface area contributed by atoms with Crippen LogP contribution in [0.4, 0.5) is 5.69 Å². The number of carbonyl (C=O) groups excluding carboxylic acids is 4. The van der Waals surface area contributed by atoms with Gasteiger partial charge in [0.05, 0.1) is 11.1 Å². The molecule has 2 N–H and O–H groups in total. The van der Waals surface area contributed by atoms with Crippen molar-refractivity contribution in [3.05, 3.63) is 128 Å². The van der Waals surface area contributed by atoms with E-state index in [0.29, 0.717) is 28.7 Å². The highest BCUT2D eigenvalue weighted by atomic mass is 79.9. The molecule has 0 spiro atoms. The van der Waals surface area contributed by atoms with Crippen LogP contribution in [0.3, 0.4) is 0 Å². The molecule has 52 heavy (non-hydrogen) atoms. The number of rotatable bonds is 7. The number of phenols is 1. The lowest BCUT2D eigenvalue weighted by molar-refractivity contribution is -0.136. The molecule has 2 fully saturated rings. The molecular weight excluding hydrogens is 720 g/mol. The molecule has 266 valence electrons. The third-order valence-corrected chi connectivity index (χ3v) is 12.5. The number of hydrogen-bond donors (Lipinski definition) is 2. The van der Waals surface area contributed by atoms with Gasteiger partial charge in [-0.25, -0.2) is 0 Å². The molecule has 3 aliphatic heterocycles. The van der Waals surface area contributed by atoms with Gasteiger partial charge in [-0.2, -0.15) is 0 Å². The largest absolute Gasteiger partial charge is 0.508 e. The topological polar surface area (TPSA) is 110 Å². The number of hydrogen-bond acceptors (Lipinski definition) is 7. The number of halogens is 1. The summed E-state index contributed by atoms with van der Waals surface area (Å²) in [5.41, 5.74) is 7.84. The van der Waals surface area contributed by atoms with E-state index in [2.05, 4.69) is 98.8 Å². The quantitative estimate of drug-likeness (QED) is 0.207. The van der Waals surface area contributed by atoms with E-state index >= 15 is 0 Å². The van der Waals surface area contributed by atoms with Gasteiger partial charge in [0.2, 0.25) is 11.8 Å². The van der Waals surface area contributed by atoms with Gasteiger partial charge in [0.25, 0.3) is 11.8 Å². The highest BCUT2D eigenvalue weighted by molar-refractivity contribution is 9.10. The van der Waals surface area contributed by atoms with E-state index in [9.17, 15) is 24.3 Å². The first-order chi connectivity index (χ1) is 25.2. The molecule has 1 unspecified atom stereocenters. The Morgan fingerprint density at radius 3 is 2.31 bits per heavy atom. The Morgan fingerprint density at radius 2 is 1.58 bits per heavy atom. The van der Waals surface area contributed by atoms with Crippen LogP contribution in [0.5, 0.6) is 5.75 Å². The summed E-state index contributed by atoms with van der Waals surface area (Å²) in [6.07, 6.45) is 4.16. The van der Waals surface area contributed by atoms with E-state index in [0.717, 1.165) is 49.2 Å². The van der Waals surface area contributed by atoms with E-state index in [1.807, 2.05) is 18.2 Å². The highest BCUT2D eigenvalue weighted by Gasteiger charge is 2.46. The first kappa shape index (κ1) is 34.3. The van der Waals surface area contributed by atoms with Gasteiger partial charge in [0.15, 0.2) is 0 Å². The average molecular weight is 762 g/mol. The Balaban J connectivity index is 0.929. The number of phenolic OH excluding ortho intramolecular Hbond substituents is 1. The minimum atomic E-state index is -0.991. The summed E-state index contributed by atoms with van der Waals surface area (Å²) < 4.78 is 0.578. The van der Waals surface area contributed by atoms with Crippen molar-refractivity contribution in [2.24, 2.45) is 0 Å². The van der Waals surface area contributed by atoms with Gasteiger partial charge >= 0.3 is 0 Å². The summed E-state index contributed by atoms with van der Waals surface area (Å²) in [7, 11) is 2.10. The number of aromatic hydroxyl groups is 1. The van der Waals surface area contributed by atoms with Crippen molar-refractivity contribution in [3.63, 3.8) is 0 Å². The van der Waals surface area contributed by atoms with Crippen LogP contribution in [-0.4, -0.2) is 70.8 Å². The number of benzene rings is 4. The number of fused-ring (bicyclic) bond motifs is 2. The maximum atomic E-state index is 13.5. The molecule has 10 heteroatoms. The van der Waals surface area contributed by atoms with Crippen LogP contribution < -0.4 is 10.2 Å². The van der Waals surface area contributed by atoms with E-state index in [1.165, 1.54) is 27.9 Å². The first-order valence-electron chi connectivity index (χ1n) is 18.1. The molecule has 4 aromatic rings. The fourth-order valence-corrected chi connectivity index (χ4v) is 9.46. The fourth-order valence-electron chi connectivity index (χ4n) is 8.82. The zero-order valence-electron chi connectivity index (χ0n) is 29.1. The molecule has 9 nitrogen and oxygen atoms in total. The van der Waals surface area contributed by atoms with Crippen molar-refractivity contribution in [1.82, 2.24) is 15.1 Å². The number of nitrogens with one attached hydrogen (secondary N) is 1. The van der Waals surface area contributed by atoms with Crippen LogP contribution in [0.25, 0.3) is 0 Å². The van der Waals surface area contributed by atoms with Crippen LogP contribution in [0.1, 0.15) is 92.5 Å². The summed E-state index contributed by atoms with van der Waals surface area (Å²) in [6.45, 7) is 2.44. The number of aryl methyl sites for hydroxylation is 1. The lowest BCUT2D eigenvalue weighted by Gasteiger charge is -2.38. The minimum Gasteiger partial charge on any atom is -0.508 e. The molecule has 3 heterocycles. The summed E-state index contributed by atoms with van der Waals surface area (Å²) in [6, 6.07) is 28.6. The normalized spacial score (nSPS) is 22.1. The van der Waals surface area contributed by atoms with Crippen molar-refractivity contribution >= 4 is 45.2 Å². The third-order valence-electron chi connectivity index (χ3n) is 11.6. The van der Waals surface area contributed by atoms with Crippen molar-refractivity contribution < 1.29 is 24.3 Å². The van der Waals surface area contributed by atoms with Gasteiger partial charge in [-0.3, -0.25) is 34.3 Å². The highest BCUT2D eigenvalue weighted by Crippen LogP contribution is 2.47. The molecule has 4 aromatic carbocycles. The van der Waals surface area contributed by atoms with Crippen molar-refractivity contribution in [2.45, 2.75) is 69.0 Å². The molecule has 3 atom stereocenters. The second kappa shape index (κ2) is 14.0. The van der Waals surface area contributed by atoms with E-state index in [-0.39, 0.29) is 29.9 Å². The van der Waals surface area contributed by atoms with Gasteiger partial charge in [-0.15, -0.1) is 0 Å². The number of carbonyl (C=O) groups is 4. The molecule has 0 radical (unpaired) electrons. The van der Waals surface area contributed by atoms with E-state index < -0.39 is 29.7 Å². The Kier molecular flexibility index (Phi) is 9.21. The van der Waals surface area contributed by atoms with Gasteiger partial charge in [-0.1, -0.05) is 54.6 Å². The van der Waals surface area contributed by atoms with Crippen LogP contribution in [0, 0.1) is 0 Å². The summed E-state index contributed by atoms with van der Waals surface area (Å²) in [5.74, 6) is -1.11. The molecule has 0 aromatic heterocycles. The lowest BCUT2D eigenvalue weighted by Crippen LogP contribution is -2.54. The zero-order chi connectivity index (χ0) is 36.1. The van der Waals surface area contributed by atoms with Crippen molar-refractivity contribution in [3.8, 4) is 5.75 Å². The third kappa shape index (κ3) is 6.21. The van der Waals surface area contributed by atoms with Crippen LogP contribution in [0.2, 0.25) is 0 Å². The molecule has 8 rings (SSSR count). The second-order valence-corrected chi connectivity index (χ2v) is 15.3. The summed E-state index contributed by atoms with van der Waals surface area (Å²) >= 11 is 3.63. The first-order valence-corrected chi connectivity index (χ1v) is 18.9. The van der Waals surface area contributed by atoms with Crippen molar-refractivity contribution in [2.75, 3.05) is 25.0 Å². The van der Waals surface area contributed by atoms with E-state index in [1.54, 1.807) is 6.07 Å². The molecule has 4 aliphatic rings. The number of piperidine rings is 2. The van der Waals surface area contributed by atoms with Crippen molar-refractivity contribution in [1.29, 1.82) is 0 Å². The predicted octanol–water partition coefficient (Wildman–Crippen LogP) is 6.52. The Morgan fingerprint density at radius 1 is 0.827 bits per heavy atom. The van der Waals surface area contributed by atoms with Crippen LogP contribution >= 0.6 is 15.9 Å². The number of anilines is 1. The number of nitrogens with zero attached hydrogens (tertiary/aromatic N) is 3. The minimum absolute atomic E-state index is 0.0859. The van der Waals surface area contributed by atoms with E-state index in [4.69, 9.17) is 0 Å². The standard InChI is InChI=1S/C42H41BrN4O5/c1-45(24-28-10-15-34-38(39(28)43)42(52)47(41(34)51)35-17-18-36(49)44-40(35)50)29-19-21-46(22-20-29)30-11-7-26(8-12-30)37-32(25-5-3-2-4-6-25)14-9-27-23-31(48)13-16-33(27)37/h2-8,10-13,15-16,23,29,32,35,37,48H,9,14,17-22,24H2,1H3,(H,44,49,50)/t32-,35?,37+/m1/s1. The zero-order valence-corrected chi connectivity index (χ0v) is 30.6. The smallest absolute Gasteiger partial charge is 0.263 e. The Labute approximate surface area is 311 Å². The van der Waals surface area contributed by atoms with Crippen LogP contribution in [-0.2, 0) is 22.6 Å². The van der Waals surface area contributed by atoms with Gasteiger partial charge in [-0.05, 0) is 119 Å². The molecule has 2 saturated heterocycles. The summed E-state index contributed by atoms with van der Waals surface area (Å²) in [4.78, 5) is 56.7. The van der Waals surface area contributed by atoms with Gasteiger partial charge < -0.3 is 10.0 Å². The lowest BCUT2D eigenvalue weighted by atomic mass is 9.69. The second-order valence-electron chi connectivity index (χ2n) is 14.5. The molecule has 4 amide bonds. The molecular formula is C42H41BrN4O5. The summed E-state index contributed by atoms with van der Waals surface area (Å²) in [5, 5.41) is 12.5. The average Bonchev–Trinajstić information content (AvgIpc) is 3.41. The van der Waals surface area contributed by atoms with Gasteiger partial charge in [0.1, 0.15) is 11.8 Å². The maximum absolute atomic E-state index is 13.5. The van der Waals surface area contributed by atoms with Gasteiger partial charge in [0, 0.05) is 48.2 Å².